The van der Waals surface area contributed by atoms with Gasteiger partial charge in [0.25, 0.3) is 0 Å². The molecule has 0 spiro atoms. The number of nitrogens with two attached hydrogens (primary N) is 2. The Balaban J connectivity index is 1.82. The molecule has 64 heavy (non-hydrogen) atoms. The van der Waals surface area contributed by atoms with Gasteiger partial charge < -0.3 is 58.7 Å². The molecule has 0 heterocycles. The van der Waals surface area contributed by atoms with E-state index in [1.54, 1.807) is 42.5 Å². The highest BCUT2D eigenvalue weighted by Crippen LogP contribution is 2.27. The number of para-hydroxylation sites is 1. The number of anilines is 1. The fraction of sp³-hybridized carbons (Fsp3) is 0.419. The average Bonchev–Trinajstić information content (AvgIpc) is 3.23. The molecule has 0 aliphatic heterocycles. The van der Waals surface area contributed by atoms with Crippen LogP contribution in [0.5, 0.6) is 5.75 Å². The van der Waals surface area contributed by atoms with Crippen molar-refractivity contribution in [3.8, 4) is 5.75 Å². The van der Waals surface area contributed by atoms with Gasteiger partial charge in [-0.05, 0) is 61.4 Å². The number of carboxylic acids is 1. The van der Waals surface area contributed by atoms with Crippen molar-refractivity contribution in [3.05, 3.63) is 99.6 Å². The maximum atomic E-state index is 14.0. The molecule has 0 bridgehead atoms. The highest BCUT2D eigenvalue weighted by Gasteiger charge is 2.34. The normalized spacial score (nSPS) is 14.3. The molecule has 3 aromatic carbocycles. The van der Waals surface area contributed by atoms with Gasteiger partial charge in [0, 0.05) is 37.6 Å². The molecule has 0 unspecified atom stereocenters. The number of aliphatic hydroxyl groups is 1. The number of nitro benzene ring substituents is 1. The largest absolute Gasteiger partial charge is 0.502 e. The number of nitrogens with zero attached hydrogens (tertiary/aromatic N) is 1. The zero-order valence-corrected chi connectivity index (χ0v) is 35.9. The first-order valence-corrected chi connectivity index (χ1v) is 20.4. The van der Waals surface area contributed by atoms with Crippen LogP contribution in [0, 0.1) is 16.0 Å². The molecule has 0 saturated heterocycles. The molecule has 6 amide bonds. The summed E-state index contributed by atoms with van der Waals surface area (Å²) >= 11 is 0. The van der Waals surface area contributed by atoms with E-state index in [0.29, 0.717) is 17.7 Å². The molecule has 3 rings (SSSR count). The maximum Gasteiger partial charge on any atom is 0.310 e. The predicted molar refractivity (Wildman–Crippen MR) is 233 cm³/mol. The van der Waals surface area contributed by atoms with Crippen LogP contribution in [0.25, 0.3) is 0 Å². The van der Waals surface area contributed by atoms with Crippen molar-refractivity contribution >= 4 is 52.8 Å². The monoisotopic (exact) mass is 891 g/mol. The molecule has 13 N–H and O–H groups in total. The Hall–Kier alpha value is -7.13. The van der Waals surface area contributed by atoms with Crippen molar-refractivity contribution < 1.29 is 53.8 Å². The van der Waals surface area contributed by atoms with E-state index in [4.69, 9.17) is 16.6 Å². The summed E-state index contributed by atoms with van der Waals surface area (Å²) in [6, 6.07) is 10.8. The van der Waals surface area contributed by atoms with Crippen LogP contribution < -0.4 is 43.4 Å². The molecule has 0 aromatic heterocycles. The summed E-state index contributed by atoms with van der Waals surface area (Å²) in [5, 5.41) is 56.7. The third kappa shape index (κ3) is 16.3. The Morgan fingerprint density at radius 2 is 1.27 bits per heavy atom. The first kappa shape index (κ1) is 51.2. The van der Waals surface area contributed by atoms with Crippen molar-refractivity contribution in [1.29, 1.82) is 0 Å². The minimum Gasteiger partial charge on any atom is -0.502 e. The van der Waals surface area contributed by atoms with Crippen LogP contribution in [-0.2, 0) is 52.9 Å². The molecule has 0 aliphatic rings. The SMILES string of the molecule is CC(C)C[C@H](NCc1ccccc1N)C(=O)N[C@@H](Cc1ccccc1)C(=O)N[C@H](C(=O)N[C@@H](C)C(=O)N[C@@H](Cc1ccc(O)c([N+](=O)[O-])c1)C(=O)N[C@@H](CCC(=O)O)C(N)=O)[C@@H](C)O. The number of hydrogen-bond donors (Lipinski definition) is 11. The second kappa shape index (κ2) is 24.5. The second-order valence-electron chi connectivity index (χ2n) is 15.7. The number of rotatable bonds is 25. The maximum absolute atomic E-state index is 14.0. The number of benzene rings is 3. The van der Waals surface area contributed by atoms with Crippen LogP contribution in [0.2, 0.25) is 0 Å². The zero-order valence-electron chi connectivity index (χ0n) is 35.9. The minimum absolute atomic E-state index is 0.00797. The number of carboxylic acid groups (broad SMARTS) is 1. The van der Waals surface area contributed by atoms with Crippen molar-refractivity contribution in [2.45, 2.75) is 109 Å². The van der Waals surface area contributed by atoms with Gasteiger partial charge in [0.2, 0.25) is 35.4 Å². The fourth-order valence-electron chi connectivity index (χ4n) is 6.45. The van der Waals surface area contributed by atoms with Crippen LogP contribution in [0.1, 0.15) is 63.6 Å². The molecule has 346 valence electrons. The van der Waals surface area contributed by atoms with Gasteiger partial charge in [-0.15, -0.1) is 0 Å². The number of aromatic hydroxyl groups is 1. The van der Waals surface area contributed by atoms with Gasteiger partial charge in [0.05, 0.1) is 17.1 Å². The summed E-state index contributed by atoms with van der Waals surface area (Å²) < 4.78 is 0. The molecular formula is C43H57N9O12. The van der Waals surface area contributed by atoms with Crippen LogP contribution in [0.4, 0.5) is 11.4 Å². The summed E-state index contributed by atoms with van der Waals surface area (Å²) in [4.78, 5) is 102. The molecule has 21 nitrogen and oxygen atoms in total. The van der Waals surface area contributed by atoms with E-state index >= 15 is 0 Å². The summed E-state index contributed by atoms with van der Waals surface area (Å²) in [5.41, 5.74) is 12.8. The number of aliphatic carboxylic acids is 1. The number of carbonyl (C=O) groups excluding carboxylic acids is 6. The number of hydrogen-bond acceptors (Lipinski definition) is 13. The van der Waals surface area contributed by atoms with Crippen molar-refractivity contribution in [2.24, 2.45) is 11.7 Å². The van der Waals surface area contributed by atoms with Gasteiger partial charge in [0.15, 0.2) is 5.75 Å². The molecular weight excluding hydrogens is 835 g/mol. The Bertz CT molecular complexity index is 2140. The Morgan fingerprint density at radius 1 is 0.703 bits per heavy atom. The number of phenols is 1. The number of aliphatic hydroxyl groups excluding tert-OH is 1. The smallest absolute Gasteiger partial charge is 0.310 e. The first-order valence-electron chi connectivity index (χ1n) is 20.4. The van der Waals surface area contributed by atoms with Crippen LogP contribution in [-0.4, -0.2) is 104 Å². The van der Waals surface area contributed by atoms with E-state index in [1.807, 2.05) is 26.0 Å². The van der Waals surface area contributed by atoms with Crippen LogP contribution in [0.15, 0.2) is 72.8 Å². The third-order valence-corrected chi connectivity index (χ3v) is 9.96. The highest BCUT2D eigenvalue weighted by molar-refractivity contribution is 5.97. The molecule has 3 aromatic rings. The lowest BCUT2D eigenvalue weighted by Gasteiger charge is -2.28. The highest BCUT2D eigenvalue weighted by atomic mass is 16.6. The number of nitro groups is 1. The summed E-state index contributed by atoms with van der Waals surface area (Å²) in [6.07, 6.45) is -2.58. The predicted octanol–water partition coefficient (Wildman–Crippen LogP) is 0.0471. The second-order valence-corrected chi connectivity index (χ2v) is 15.7. The number of amides is 6. The average molecular weight is 892 g/mol. The topological polar surface area (TPSA) is 348 Å². The number of nitrogens with one attached hydrogen (secondary N) is 6. The zero-order chi connectivity index (χ0) is 47.7. The van der Waals surface area contributed by atoms with Crippen molar-refractivity contribution in [2.75, 3.05) is 5.73 Å². The molecule has 0 aliphatic carbocycles. The number of carbonyl (C=O) groups is 7. The Labute approximate surface area is 369 Å². The lowest BCUT2D eigenvalue weighted by atomic mass is 10.00. The standard InChI is InChI=1S/C43H57N9O12/c1-23(2)18-31(46-22-28-12-8-9-13-29(28)44)40(59)50-32(19-26-10-6-5-7-11-26)42(61)51-37(25(4)53)43(62)47-24(3)39(58)49-33(20-27-14-16-35(54)34(21-27)52(63)64)41(60)48-30(38(45)57)15-17-36(55)56/h5-14,16,21,23-25,30-33,37,46,53-54H,15,17-20,22,44H2,1-4H3,(H2,45,57)(H,47,62)(H,48,60)(H,49,58)(H,50,59)(H,51,61)(H,55,56)/t24-,25+,30-,31-,32-,33-,37-/m0/s1. The van der Waals surface area contributed by atoms with E-state index in [9.17, 15) is 53.9 Å². The van der Waals surface area contributed by atoms with E-state index in [-0.39, 0.29) is 24.4 Å². The van der Waals surface area contributed by atoms with E-state index < -0.39 is 119 Å². The third-order valence-electron chi connectivity index (χ3n) is 9.96. The lowest BCUT2D eigenvalue weighted by Crippen LogP contribution is -2.61. The van der Waals surface area contributed by atoms with Gasteiger partial charge in [0.1, 0.15) is 30.2 Å². The number of nitrogen functional groups attached to an aromatic ring is 1. The quantitative estimate of drug-likeness (QED) is 0.0304. The van der Waals surface area contributed by atoms with E-state index in [1.165, 1.54) is 19.9 Å². The molecule has 21 heteroatoms. The lowest BCUT2D eigenvalue weighted by molar-refractivity contribution is -0.385. The van der Waals surface area contributed by atoms with Gasteiger partial charge in [-0.25, -0.2) is 0 Å². The number of phenolic OH excluding ortho intramolecular Hbond substituents is 1. The van der Waals surface area contributed by atoms with E-state index in [0.717, 1.165) is 17.7 Å². The first-order chi connectivity index (χ1) is 30.2. The van der Waals surface area contributed by atoms with Crippen LogP contribution in [0.3, 0.4) is 0 Å². The number of primary amides is 1. The van der Waals surface area contributed by atoms with Crippen LogP contribution >= 0.6 is 0 Å². The fourth-order valence-corrected chi connectivity index (χ4v) is 6.45. The van der Waals surface area contributed by atoms with E-state index in [2.05, 4.69) is 31.9 Å². The molecule has 0 saturated carbocycles. The summed E-state index contributed by atoms with van der Waals surface area (Å²) in [7, 11) is 0. The van der Waals surface area contributed by atoms with Gasteiger partial charge in [-0.1, -0.05) is 68.4 Å². The van der Waals surface area contributed by atoms with Crippen molar-refractivity contribution in [3.63, 3.8) is 0 Å². The van der Waals surface area contributed by atoms with Gasteiger partial charge in [-0.3, -0.25) is 43.7 Å². The van der Waals surface area contributed by atoms with Crippen molar-refractivity contribution in [1.82, 2.24) is 31.9 Å². The molecule has 7 atom stereocenters. The van der Waals surface area contributed by atoms with Gasteiger partial charge in [-0.2, -0.15) is 0 Å². The minimum atomic E-state index is -1.68. The Kier molecular flexibility index (Phi) is 19.6. The summed E-state index contributed by atoms with van der Waals surface area (Å²) in [5.74, 6) is -7.42. The van der Waals surface area contributed by atoms with Gasteiger partial charge >= 0.3 is 11.7 Å². The Morgan fingerprint density at radius 3 is 1.84 bits per heavy atom. The summed E-state index contributed by atoms with van der Waals surface area (Å²) in [6.45, 7) is 6.56. The molecule has 0 radical (unpaired) electrons. The molecule has 0 fully saturated rings.